The smallest absolute Gasteiger partial charge is 0.471 e. The van der Waals surface area contributed by atoms with Gasteiger partial charge in [-0.1, -0.05) is 0 Å². The molecule has 0 unspecified atom stereocenters. The standard InChI is InChI=1S/C8H10F3NO4/c9-8(10,11)7(15)12-3-5-4(6(13)14)1-2-16-5/h4-5H,1-3H2,(H,12,15)(H,13,14)/t4-,5-/m1/s1. The topological polar surface area (TPSA) is 75.6 Å². The summed E-state index contributed by atoms with van der Waals surface area (Å²) in [5.41, 5.74) is 0. The third kappa shape index (κ3) is 3.09. The average molecular weight is 241 g/mol. The highest BCUT2D eigenvalue weighted by Crippen LogP contribution is 2.21. The van der Waals surface area contributed by atoms with Crippen LogP contribution in [0.25, 0.3) is 0 Å². The van der Waals surface area contributed by atoms with Crippen LogP contribution in [0.4, 0.5) is 13.2 Å². The molecule has 1 aliphatic rings. The van der Waals surface area contributed by atoms with E-state index in [4.69, 9.17) is 9.84 Å². The van der Waals surface area contributed by atoms with E-state index in [0.717, 1.165) is 0 Å². The Hall–Kier alpha value is -1.31. The Morgan fingerprint density at radius 2 is 2.06 bits per heavy atom. The zero-order valence-electron chi connectivity index (χ0n) is 8.08. The molecule has 1 saturated heterocycles. The predicted molar refractivity (Wildman–Crippen MR) is 44.5 cm³/mol. The number of aliphatic carboxylic acids is 1. The molecule has 0 saturated carbocycles. The maximum absolute atomic E-state index is 11.8. The van der Waals surface area contributed by atoms with Crippen molar-refractivity contribution in [2.24, 2.45) is 5.92 Å². The van der Waals surface area contributed by atoms with Crippen molar-refractivity contribution in [3.63, 3.8) is 0 Å². The summed E-state index contributed by atoms with van der Waals surface area (Å²) in [6, 6.07) is 0. The van der Waals surface area contributed by atoms with E-state index in [0.29, 0.717) is 0 Å². The summed E-state index contributed by atoms with van der Waals surface area (Å²) in [6.45, 7) is -0.279. The maximum Gasteiger partial charge on any atom is 0.471 e. The zero-order chi connectivity index (χ0) is 12.3. The van der Waals surface area contributed by atoms with Crippen molar-refractivity contribution in [3.8, 4) is 0 Å². The molecular weight excluding hydrogens is 231 g/mol. The van der Waals surface area contributed by atoms with E-state index in [2.05, 4.69) is 0 Å². The Balaban J connectivity index is 2.43. The second kappa shape index (κ2) is 4.69. The van der Waals surface area contributed by atoms with E-state index in [1.165, 1.54) is 0 Å². The number of alkyl halides is 3. The molecule has 2 atom stereocenters. The van der Waals surface area contributed by atoms with E-state index < -0.39 is 36.6 Å². The summed E-state index contributed by atoms with van der Waals surface area (Å²) in [4.78, 5) is 21.1. The number of carbonyl (C=O) groups is 2. The quantitative estimate of drug-likeness (QED) is 0.737. The lowest BCUT2D eigenvalue weighted by atomic mass is 10.0. The Kier molecular flexibility index (Phi) is 3.74. The molecule has 0 aliphatic carbocycles. The van der Waals surface area contributed by atoms with Gasteiger partial charge in [-0.05, 0) is 6.42 Å². The Bertz CT molecular complexity index is 291. The number of halogens is 3. The first-order chi connectivity index (χ1) is 7.32. The molecule has 16 heavy (non-hydrogen) atoms. The van der Waals surface area contributed by atoms with Crippen LogP contribution < -0.4 is 5.32 Å². The van der Waals surface area contributed by atoms with Crippen molar-refractivity contribution < 1.29 is 32.6 Å². The average Bonchev–Trinajstić information content (AvgIpc) is 2.60. The minimum Gasteiger partial charge on any atom is -0.481 e. The first-order valence-corrected chi connectivity index (χ1v) is 4.52. The van der Waals surface area contributed by atoms with Gasteiger partial charge in [-0.3, -0.25) is 9.59 Å². The number of carboxylic acids is 1. The fourth-order valence-corrected chi connectivity index (χ4v) is 1.43. The lowest BCUT2D eigenvalue weighted by molar-refractivity contribution is -0.174. The van der Waals surface area contributed by atoms with Crippen LogP contribution in [-0.2, 0) is 14.3 Å². The minimum absolute atomic E-state index is 0.170. The number of hydrogen-bond donors (Lipinski definition) is 2. The summed E-state index contributed by atoms with van der Waals surface area (Å²) in [5.74, 6) is -4.09. The van der Waals surface area contributed by atoms with Gasteiger partial charge in [0.15, 0.2) is 0 Å². The highest BCUT2D eigenvalue weighted by atomic mass is 19.4. The van der Waals surface area contributed by atoms with Crippen molar-refractivity contribution >= 4 is 11.9 Å². The Morgan fingerprint density at radius 3 is 2.56 bits per heavy atom. The largest absolute Gasteiger partial charge is 0.481 e. The fourth-order valence-electron chi connectivity index (χ4n) is 1.43. The molecule has 0 aromatic rings. The molecule has 0 spiro atoms. The van der Waals surface area contributed by atoms with Crippen molar-refractivity contribution in [1.29, 1.82) is 0 Å². The summed E-state index contributed by atoms with van der Waals surface area (Å²) in [7, 11) is 0. The number of amides is 1. The van der Waals surface area contributed by atoms with Crippen LogP contribution in [0.3, 0.4) is 0 Å². The van der Waals surface area contributed by atoms with Gasteiger partial charge in [0.2, 0.25) is 0 Å². The first kappa shape index (κ1) is 12.8. The number of rotatable bonds is 3. The van der Waals surface area contributed by atoms with Crippen LogP contribution in [0.15, 0.2) is 0 Å². The fraction of sp³-hybridized carbons (Fsp3) is 0.750. The highest BCUT2D eigenvalue weighted by molar-refractivity contribution is 5.81. The molecule has 92 valence electrons. The van der Waals surface area contributed by atoms with Crippen molar-refractivity contribution in [1.82, 2.24) is 5.32 Å². The van der Waals surface area contributed by atoms with Gasteiger partial charge in [0.25, 0.3) is 0 Å². The summed E-state index contributed by atoms with van der Waals surface area (Å²) in [6.07, 6.45) is -5.62. The molecular formula is C8H10F3NO4. The highest BCUT2D eigenvalue weighted by Gasteiger charge is 2.40. The van der Waals surface area contributed by atoms with Crippen molar-refractivity contribution in [2.45, 2.75) is 18.7 Å². The monoisotopic (exact) mass is 241 g/mol. The van der Waals surface area contributed by atoms with Crippen LogP contribution in [0.1, 0.15) is 6.42 Å². The van der Waals surface area contributed by atoms with E-state index in [1.807, 2.05) is 0 Å². The number of hydrogen-bond acceptors (Lipinski definition) is 3. The van der Waals surface area contributed by atoms with E-state index in [-0.39, 0.29) is 13.0 Å². The minimum atomic E-state index is -4.96. The Labute approximate surface area is 88.6 Å². The lowest BCUT2D eigenvalue weighted by Crippen LogP contribution is -2.43. The number of nitrogens with one attached hydrogen (secondary N) is 1. The van der Waals surface area contributed by atoms with Gasteiger partial charge >= 0.3 is 18.1 Å². The van der Waals surface area contributed by atoms with E-state index in [1.54, 1.807) is 5.32 Å². The third-order valence-corrected chi connectivity index (χ3v) is 2.25. The van der Waals surface area contributed by atoms with Crippen LogP contribution in [0.5, 0.6) is 0 Å². The van der Waals surface area contributed by atoms with E-state index in [9.17, 15) is 22.8 Å². The molecule has 0 bridgehead atoms. The predicted octanol–water partition coefficient (Wildman–Crippen LogP) is 0.155. The van der Waals surface area contributed by atoms with Gasteiger partial charge in [0, 0.05) is 13.2 Å². The number of ether oxygens (including phenoxy) is 1. The second-order valence-electron chi connectivity index (χ2n) is 3.35. The first-order valence-electron chi connectivity index (χ1n) is 4.52. The van der Waals surface area contributed by atoms with Crippen LogP contribution in [0, 0.1) is 5.92 Å². The SMILES string of the molecule is O=C(O)[C@@H]1CCO[C@@H]1CNC(=O)C(F)(F)F. The molecule has 0 radical (unpaired) electrons. The van der Waals surface area contributed by atoms with Crippen LogP contribution >= 0.6 is 0 Å². The zero-order valence-corrected chi connectivity index (χ0v) is 8.08. The summed E-state index contributed by atoms with van der Waals surface area (Å²) in [5, 5.41) is 10.3. The maximum atomic E-state index is 11.8. The Morgan fingerprint density at radius 1 is 1.44 bits per heavy atom. The molecule has 1 fully saturated rings. The molecule has 5 nitrogen and oxygen atoms in total. The van der Waals surface area contributed by atoms with E-state index >= 15 is 0 Å². The van der Waals surface area contributed by atoms with Gasteiger partial charge in [-0.25, -0.2) is 0 Å². The number of carbonyl (C=O) groups excluding carboxylic acids is 1. The van der Waals surface area contributed by atoms with Gasteiger partial charge < -0.3 is 15.2 Å². The molecule has 1 aliphatic heterocycles. The normalized spacial score (nSPS) is 25.4. The number of carboxylic acid groups (broad SMARTS) is 1. The van der Waals surface area contributed by atoms with Crippen molar-refractivity contribution in [3.05, 3.63) is 0 Å². The molecule has 0 aromatic heterocycles. The van der Waals surface area contributed by atoms with Crippen molar-refractivity contribution in [2.75, 3.05) is 13.2 Å². The van der Waals surface area contributed by atoms with Gasteiger partial charge in [0.05, 0.1) is 12.0 Å². The molecule has 1 rings (SSSR count). The molecule has 0 aromatic carbocycles. The summed E-state index contributed by atoms with van der Waals surface area (Å²) >= 11 is 0. The lowest BCUT2D eigenvalue weighted by Gasteiger charge is -2.16. The summed E-state index contributed by atoms with van der Waals surface area (Å²) < 4.78 is 40.4. The molecule has 1 heterocycles. The van der Waals surface area contributed by atoms with Crippen LogP contribution in [0.2, 0.25) is 0 Å². The molecule has 2 N–H and O–H groups in total. The second-order valence-corrected chi connectivity index (χ2v) is 3.35. The third-order valence-electron chi connectivity index (χ3n) is 2.25. The molecule has 8 heteroatoms. The molecule has 1 amide bonds. The van der Waals surface area contributed by atoms with Crippen LogP contribution in [-0.4, -0.2) is 42.4 Å². The van der Waals surface area contributed by atoms with Gasteiger partial charge in [0.1, 0.15) is 0 Å². The van der Waals surface area contributed by atoms with Gasteiger partial charge in [-0.15, -0.1) is 0 Å². The van der Waals surface area contributed by atoms with Gasteiger partial charge in [-0.2, -0.15) is 13.2 Å².